The van der Waals surface area contributed by atoms with Crippen LogP contribution >= 0.6 is 11.6 Å². The van der Waals surface area contributed by atoms with Crippen molar-refractivity contribution in [3.8, 4) is 0 Å². The van der Waals surface area contributed by atoms with E-state index in [-0.39, 0.29) is 22.1 Å². The minimum absolute atomic E-state index is 0.0313. The molecule has 2 aliphatic carbocycles. The molecule has 3 atom stereocenters. The summed E-state index contributed by atoms with van der Waals surface area (Å²) in [7, 11) is 0. The van der Waals surface area contributed by atoms with Gasteiger partial charge in [0.25, 0.3) is 0 Å². The van der Waals surface area contributed by atoms with Gasteiger partial charge >= 0.3 is 5.97 Å². The molecule has 0 spiro atoms. The van der Waals surface area contributed by atoms with E-state index in [1.807, 2.05) is 0 Å². The Morgan fingerprint density at radius 2 is 1.90 bits per heavy atom. The highest BCUT2D eigenvalue weighted by Crippen LogP contribution is 2.65. The number of halogens is 1. The van der Waals surface area contributed by atoms with Crippen LogP contribution in [-0.4, -0.2) is 22.3 Å². The molecule has 0 saturated heterocycles. The quantitative estimate of drug-likeness (QED) is 0.816. The van der Waals surface area contributed by atoms with Crippen molar-refractivity contribution < 1.29 is 15.0 Å². The Bertz CT molecular complexity index is 541. The molecule has 0 aromatic heterocycles. The van der Waals surface area contributed by atoms with E-state index >= 15 is 0 Å². The van der Waals surface area contributed by atoms with Gasteiger partial charge in [-0.15, -0.1) is 0 Å². The van der Waals surface area contributed by atoms with Gasteiger partial charge in [-0.05, 0) is 48.1 Å². The van der Waals surface area contributed by atoms with Crippen molar-refractivity contribution in [1.82, 2.24) is 0 Å². The summed E-state index contributed by atoms with van der Waals surface area (Å²) in [6.45, 7) is 6.90. The average molecular weight is 311 g/mol. The highest BCUT2D eigenvalue weighted by atomic mass is 35.5. The van der Waals surface area contributed by atoms with Crippen LogP contribution in [0.25, 0.3) is 0 Å². The molecular formula is C17H23ClO3. The van der Waals surface area contributed by atoms with Gasteiger partial charge in [0.1, 0.15) is 0 Å². The number of aliphatic hydroxyl groups is 1. The number of benzene rings is 1. The van der Waals surface area contributed by atoms with Gasteiger partial charge in [-0.2, -0.15) is 0 Å². The predicted molar refractivity (Wildman–Crippen MR) is 83.6 cm³/mol. The second kappa shape index (κ2) is 5.62. The first-order chi connectivity index (χ1) is 9.70. The highest BCUT2D eigenvalue weighted by Gasteiger charge is 2.60. The van der Waals surface area contributed by atoms with Crippen LogP contribution in [0.1, 0.15) is 50.4 Å². The summed E-state index contributed by atoms with van der Waals surface area (Å²) in [4.78, 5) is 10.3. The highest BCUT2D eigenvalue weighted by molar-refractivity contribution is 6.33. The lowest BCUT2D eigenvalue weighted by molar-refractivity contribution is 0.0126. The van der Waals surface area contributed by atoms with Gasteiger partial charge in [-0.3, -0.25) is 0 Å². The number of aromatic carboxylic acids is 1. The fraction of sp³-hybridized carbons (Fsp3) is 0.588. The summed E-state index contributed by atoms with van der Waals surface area (Å²) < 4.78 is 0. The molecule has 4 heteroatoms. The maximum atomic E-state index is 10.3. The van der Waals surface area contributed by atoms with Crippen LogP contribution in [0.15, 0.2) is 24.3 Å². The zero-order chi connectivity index (χ0) is 15.8. The third-order valence-corrected chi connectivity index (χ3v) is 6.18. The van der Waals surface area contributed by atoms with Crippen LogP contribution in [0.5, 0.6) is 0 Å². The molecule has 2 N–H and O–H groups in total. The molecule has 21 heavy (non-hydrogen) atoms. The standard InChI is InChI=1S/C10H18O.C7H5ClO2/c1-9(2)7-4-5-10(9,3)8(11)6-7;8-6-4-2-1-3-5(6)7(9)10/h7-8,11H,4-6H2,1-3H3;1-4H,(H,9,10). The first-order valence-electron chi connectivity index (χ1n) is 7.36. The molecule has 0 aliphatic heterocycles. The number of aliphatic hydroxyl groups excluding tert-OH is 1. The molecule has 0 radical (unpaired) electrons. The van der Waals surface area contributed by atoms with Crippen molar-refractivity contribution >= 4 is 17.6 Å². The summed E-state index contributed by atoms with van der Waals surface area (Å²) in [5.74, 6) is -0.215. The van der Waals surface area contributed by atoms with Gasteiger partial charge in [0.05, 0.1) is 16.7 Å². The molecule has 3 nitrogen and oxygen atoms in total. The van der Waals surface area contributed by atoms with E-state index in [4.69, 9.17) is 16.7 Å². The second-order valence-corrected chi connectivity index (χ2v) is 7.32. The molecule has 2 saturated carbocycles. The Balaban J connectivity index is 0.000000155. The zero-order valence-corrected chi connectivity index (χ0v) is 13.5. The van der Waals surface area contributed by atoms with Crippen molar-refractivity contribution in [1.29, 1.82) is 0 Å². The van der Waals surface area contributed by atoms with Crippen LogP contribution < -0.4 is 0 Å². The molecule has 2 fully saturated rings. The molecule has 3 unspecified atom stereocenters. The Labute approximate surface area is 130 Å². The van der Waals surface area contributed by atoms with Gasteiger partial charge in [0.15, 0.2) is 0 Å². The van der Waals surface area contributed by atoms with Crippen molar-refractivity contribution in [3.63, 3.8) is 0 Å². The largest absolute Gasteiger partial charge is 0.478 e. The van der Waals surface area contributed by atoms with Crippen molar-refractivity contribution in [2.75, 3.05) is 0 Å². The van der Waals surface area contributed by atoms with E-state index < -0.39 is 5.97 Å². The number of carbonyl (C=O) groups is 1. The lowest BCUT2D eigenvalue weighted by Gasteiger charge is -2.36. The Kier molecular flexibility index (Phi) is 4.36. The average Bonchev–Trinajstić information content (AvgIpc) is 2.73. The van der Waals surface area contributed by atoms with Crippen molar-refractivity contribution in [3.05, 3.63) is 34.9 Å². The summed E-state index contributed by atoms with van der Waals surface area (Å²) in [6, 6.07) is 6.33. The number of carboxylic acids is 1. The van der Waals surface area contributed by atoms with E-state index in [1.54, 1.807) is 18.2 Å². The molecule has 1 aromatic rings. The van der Waals surface area contributed by atoms with E-state index in [0.717, 1.165) is 12.3 Å². The third-order valence-electron chi connectivity index (χ3n) is 5.85. The monoisotopic (exact) mass is 310 g/mol. The summed E-state index contributed by atoms with van der Waals surface area (Å²) >= 11 is 5.54. The topological polar surface area (TPSA) is 57.5 Å². The van der Waals surface area contributed by atoms with Crippen LogP contribution in [0, 0.1) is 16.7 Å². The van der Waals surface area contributed by atoms with E-state index in [0.29, 0.717) is 5.41 Å². The molecule has 116 valence electrons. The first kappa shape index (κ1) is 16.3. The van der Waals surface area contributed by atoms with Gasteiger partial charge in [-0.25, -0.2) is 4.79 Å². The molecule has 0 heterocycles. The van der Waals surface area contributed by atoms with Crippen LogP contribution in [-0.2, 0) is 0 Å². The lowest BCUT2D eigenvalue weighted by atomic mass is 9.70. The SMILES string of the molecule is CC1(C)C2CCC1(C)C(O)C2.O=C(O)c1ccccc1Cl. The first-order valence-corrected chi connectivity index (χ1v) is 7.74. The fourth-order valence-corrected chi connectivity index (χ4v) is 4.01. The summed E-state index contributed by atoms with van der Waals surface area (Å²) in [6.07, 6.45) is 3.58. The normalized spacial score (nSPS) is 32.4. The van der Waals surface area contributed by atoms with Crippen LogP contribution in [0.3, 0.4) is 0 Å². The molecule has 2 aliphatic rings. The van der Waals surface area contributed by atoms with Crippen molar-refractivity contribution in [2.24, 2.45) is 16.7 Å². The van der Waals surface area contributed by atoms with Crippen LogP contribution in [0.2, 0.25) is 5.02 Å². The number of hydrogen-bond acceptors (Lipinski definition) is 2. The maximum absolute atomic E-state index is 10.3. The smallest absolute Gasteiger partial charge is 0.337 e. The molecular weight excluding hydrogens is 288 g/mol. The molecule has 3 rings (SSSR count). The molecule has 0 amide bonds. The Morgan fingerprint density at radius 3 is 2.19 bits per heavy atom. The van der Waals surface area contributed by atoms with E-state index in [1.165, 1.54) is 18.9 Å². The zero-order valence-electron chi connectivity index (χ0n) is 12.8. The summed E-state index contributed by atoms with van der Waals surface area (Å²) in [5, 5.41) is 18.6. The number of fused-ring (bicyclic) bond motifs is 2. The fourth-order valence-electron chi connectivity index (χ4n) is 3.80. The van der Waals surface area contributed by atoms with E-state index in [2.05, 4.69) is 20.8 Å². The summed E-state index contributed by atoms with van der Waals surface area (Å²) in [5.41, 5.74) is 0.744. The minimum Gasteiger partial charge on any atom is -0.478 e. The Morgan fingerprint density at radius 1 is 1.29 bits per heavy atom. The van der Waals surface area contributed by atoms with Gasteiger partial charge in [-0.1, -0.05) is 44.5 Å². The van der Waals surface area contributed by atoms with Gasteiger partial charge in [0, 0.05) is 0 Å². The number of rotatable bonds is 1. The van der Waals surface area contributed by atoms with Gasteiger partial charge in [0.2, 0.25) is 0 Å². The van der Waals surface area contributed by atoms with Gasteiger partial charge < -0.3 is 10.2 Å². The second-order valence-electron chi connectivity index (χ2n) is 6.91. The molecule has 2 bridgehead atoms. The van der Waals surface area contributed by atoms with Crippen LogP contribution in [0.4, 0.5) is 0 Å². The Hall–Kier alpha value is -1.06. The number of carboxylic acid groups (broad SMARTS) is 1. The van der Waals surface area contributed by atoms with Crippen molar-refractivity contribution in [2.45, 2.75) is 46.1 Å². The van der Waals surface area contributed by atoms with E-state index in [9.17, 15) is 9.90 Å². The maximum Gasteiger partial charge on any atom is 0.337 e. The third kappa shape index (κ3) is 2.69. The lowest BCUT2D eigenvalue weighted by Crippen LogP contribution is -2.35. The molecule has 1 aromatic carbocycles. The predicted octanol–water partition coefficient (Wildman–Crippen LogP) is 4.23. The minimum atomic E-state index is -0.995. The number of hydrogen-bond donors (Lipinski definition) is 2.